The maximum absolute atomic E-state index is 11.6. The Morgan fingerprint density at radius 2 is 2.29 bits per heavy atom. The van der Waals surface area contributed by atoms with Crippen molar-refractivity contribution in [3.05, 3.63) is 11.3 Å². The minimum absolute atomic E-state index is 0.111. The molecular weight excluding hydrogens is 198 g/mol. The van der Waals surface area contributed by atoms with Crippen molar-refractivity contribution in [1.82, 2.24) is 10.2 Å². The number of H-pyrrole nitrogens is 1. The summed E-state index contributed by atoms with van der Waals surface area (Å²) in [5, 5.41) is 7.15. The summed E-state index contributed by atoms with van der Waals surface area (Å²) in [4.78, 5) is 13.3. The van der Waals surface area contributed by atoms with Gasteiger partial charge in [-0.3, -0.25) is 14.8 Å². The number of hydrogen-bond acceptors (Lipinski definition) is 3. The van der Waals surface area contributed by atoms with Crippen LogP contribution in [0.4, 0.5) is 5.82 Å². The minimum atomic E-state index is 0.111. The van der Waals surface area contributed by atoms with Gasteiger partial charge in [-0.15, -0.1) is 0 Å². The zero-order valence-electron chi connectivity index (χ0n) is 8.24. The van der Waals surface area contributed by atoms with Crippen LogP contribution in [-0.4, -0.2) is 27.9 Å². The fourth-order valence-electron chi connectivity index (χ4n) is 1.63. The van der Waals surface area contributed by atoms with E-state index in [1.165, 1.54) is 0 Å². The highest BCUT2D eigenvalue weighted by molar-refractivity contribution is 7.81. The molecule has 76 valence electrons. The summed E-state index contributed by atoms with van der Waals surface area (Å²) in [5.41, 5.74) is 2.05. The first-order valence-corrected chi connectivity index (χ1v) is 5.11. The first-order chi connectivity index (χ1) is 6.59. The second-order valence-electron chi connectivity index (χ2n) is 3.66. The van der Waals surface area contributed by atoms with Gasteiger partial charge in [0.1, 0.15) is 0 Å². The lowest BCUT2D eigenvalue weighted by Crippen LogP contribution is -2.25. The van der Waals surface area contributed by atoms with Crippen molar-refractivity contribution in [3.63, 3.8) is 0 Å². The minimum Gasteiger partial charge on any atom is -0.294 e. The number of amides is 1. The molecule has 1 fully saturated rings. The van der Waals surface area contributed by atoms with E-state index >= 15 is 0 Å². The van der Waals surface area contributed by atoms with E-state index in [4.69, 9.17) is 0 Å². The molecule has 2 rings (SSSR count). The fourth-order valence-corrected chi connectivity index (χ4v) is 1.95. The van der Waals surface area contributed by atoms with Crippen LogP contribution < -0.4 is 4.90 Å². The van der Waals surface area contributed by atoms with Gasteiger partial charge in [-0.1, -0.05) is 0 Å². The summed E-state index contributed by atoms with van der Waals surface area (Å²) in [6, 6.07) is 0. The average Bonchev–Trinajstić information content (AvgIpc) is 2.59. The van der Waals surface area contributed by atoms with Crippen molar-refractivity contribution in [2.75, 3.05) is 11.4 Å². The lowest BCUT2D eigenvalue weighted by atomic mass is 10.2. The summed E-state index contributed by atoms with van der Waals surface area (Å²) in [6.45, 7) is 4.57. The second-order valence-corrected chi connectivity index (χ2v) is 4.39. The van der Waals surface area contributed by atoms with Crippen molar-refractivity contribution in [2.24, 2.45) is 0 Å². The third kappa shape index (κ3) is 1.41. The molecule has 0 radical (unpaired) electrons. The monoisotopic (exact) mass is 211 g/mol. The normalized spacial score (nSPS) is 22.1. The number of anilines is 1. The zero-order chi connectivity index (χ0) is 10.3. The first kappa shape index (κ1) is 9.58. The van der Waals surface area contributed by atoms with Crippen LogP contribution in [0.15, 0.2) is 0 Å². The molecular formula is C9H13N3OS. The van der Waals surface area contributed by atoms with Gasteiger partial charge in [0.25, 0.3) is 0 Å². The Labute approximate surface area is 88.1 Å². The highest BCUT2D eigenvalue weighted by atomic mass is 32.1. The molecule has 1 aromatic rings. The Morgan fingerprint density at radius 1 is 1.57 bits per heavy atom. The van der Waals surface area contributed by atoms with E-state index in [1.807, 2.05) is 13.8 Å². The van der Waals surface area contributed by atoms with E-state index in [1.54, 1.807) is 4.90 Å². The van der Waals surface area contributed by atoms with Crippen LogP contribution in [0.5, 0.6) is 0 Å². The van der Waals surface area contributed by atoms with Gasteiger partial charge in [0.05, 0.1) is 0 Å². The molecule has 1 aliphatic rings. The number of thiol groups is 1. The van der Waals surface area contributed by atoms with Crippen LogP contribution in [0.25, 0.3) is 0 Å². The largest absolute Gasteiger partial charge is 0.294 e. The summed E-state index contributed by atoms with van der Waals surface area (Å²) in [6.07, 6.45) is 0.508. The van der Waals surface area contributed by atoms with Gasteiger partial charge in [-0.05, 0) is 13.8 Å². The number of rotatable bonds is 1. The number of aryl methyl sites for hydroxylation is 1. The summed E-state index contributed by atoms with van der Waals surface area (Å²) in [5.74, 6) is 0.864. The Hall–Kier alpha value is -0.970. The molecule has 0 aromatic carbocycles. The molecule has 1 amide bonds. The molecule has 0 saturated carbocycles. The van der Waals surface area contributed by atoms with Crippen molar-refractivity contribution in [2.45, 2.75) is 25.5 Å². The van der Waals surface area contributed by atoms with Gasteiger partial charge in [-0.25, -0.2) is 0 Å². The molecule has 1 atom stereocenters. The van der Waals surface area contributed by atoms with E-state index in [9.17, 15) is 4.79 Å². The Balaban J connectivity index is 2.32. The van der Waals surface area contributed by atoms with Crippen LogP contribution in [0.2, 0.25) is 0 Å². The van der Waals surface area contributed by atoms with Crippen LogP contribution >= 0.6 is 12.6 Å². The number of hydrogen-bond donors (Lipinski definition) is 2. The molecule has 4 nitrogen and oxygen atoms in total. The first-order valence-electron chi connectivity index (χ1n) is 4.59. The Bertz CT molecular complexity index is 374. The van der Waals surface area contributed by atoms with E-state index in [0.717, 1.165) is 17.1 Å². The van der Waals surface area contributed by atoms with Crippen molar-refractivity contribution >= 4 is 24.4 Å². The maximum atomic E-state index is 11.6. The van der Waals surface area contributed by atoms with Gasteiger partial charge in [0, 0.05) is 29.5 Å². The lowest BCUT2D eigenvalue weighted by molar-refractivity contribution is -0.117. The Morgan fingerprint density at radius 3 is 2.71 bits per heavy atom. The number of aromatic nitrogens is 2. The number of nitrogens with zero attached hydrogens (tertiary/aromatic N) is 2. The molecule has 1 saturated heterocycles. The fraction of sp³-hybridized carbons (Fsp3) is 0.556. The number of aromatic amines is 1. The van der Waals surface area contributed by atoms with E-state index in [-0.39, 0.29) is 11.2 Å². The summed E-state index contributed by atoms with van der Waals surface area (Å²) in [7, 11) is 0. The lowest BCUT2D eigenvalue weighted by Gasteiger charge is -2.13. The molecule has 14 heavy (non-hydrogen) atoms. The molecule has 0 bridgehead atoms. The summed E-state index contributed by atoms with van der Waals surface area (Å²) >= 11 is 4.30. The van der Waals surface area contributed by atoms with Gasteiger partial charge < -0.3 is 0 Å². The van der Waals surface area contributed by atoms with Crippen LogP contribution in [-0.2, 0) is 4.79 Å². The van der Waals surface area contributed by atoms with Gasteiger partial charge in [-0.2, -0.15) is 17.7 Å². The zero-order valence-corrected chi connectivity index (χ0v) is 9.14. The highest BCUT2D eigenvalue weighted by Crippen LogP contribution is 2.26. The van der Waals surface area contributed by atoms with Gasteiger partial charge in [0.2, 0.25) is 5.91 Å². The molecule has 0 aliphatic carbocycles. The van der Waals surface area contributed by atoms with E-state index < -0.39 is 0 Å². The SMILES string of the molecule is Cc1[nH]nc(N2CC(S)CC2=O)c1C. The van der Waals surface area contributed by atoms with Crippen molar-refractivity contribution in [1.29, 1.82) is 0 Å². The second kappa shape index (κ2) is 3.31. The predicted octanol–water partition coefficient (Wildman–Crippen LogP) is 1.06. The maximum Gasteiger partial charge on any atom is 0.229 e. The van der Waals surface area contributed by atoms with E-state index in [0.29, 0.717) is 13.0 Å². The van der Waals surface area contributed by atoms with Crippen LogP contribution in [0, 0.1) is 13.8 Å². The molecule has 1 aromatic heterocycles. The molecule has 1 N–H and O–H groups in total. The third-order valence-electron chi connectivity index (χ3n) is 2.59. The van der Waals surface area contributed by atoms with Gasteiger partial charge in [0.15, 0.2) is 5.82 Å². The average molecular weight is 211 g/mol. The quantitative estimate of drug-likeness (QED) is 0.682. The molecule has 0 spiro atoms. The highest BCUT2D eigenvalue weighted by Gasteiger charge is 2.30. The number of nitrogens with one attached hydrogen (secondary N) is 1. The summed E-state index contributed by atoms with van der Waals surface area (Å²) < 4.78 is 0. The topological polar surface area (TPSA) is 49.0 Å². The van der Waals surface area contributed by atoms with Crippen molar-refractivity contribution < 1.29 is 4.79 Å². The molecule has 1 unspecified atom stereocenters. The van der Waals surface area contributed by atoms with Crippen molar-refractivity contribution in [3.8, 4) is 0 Å². The molecule has 2 heterocycles. The predicted molar refractivity (Wildman–Crippen MR) is 57.8 cm³/mol. The molecule has 5 heteroatoms. The standard InChI is InChI=1S/C9H13N3OS/c1-5-6(2)10-11-9(5)12-4-7(14)3-8(12)13/h7,14H,3-4H2,1-2H3,(H,10,11). The Kier molecular flexibility index (Phi) is 2.26. The number of carbonyl (C=O) groups excluding carboxylic acids is 1. The van der Waals surface area contributed by atoms with Crippen LogP contribution in [0.1, 0.15) is 17.7 Å². The van der Waals surface area contributed by atoms with E-state index in [2.05, 4.69) is 22.8 Å². The number of carbonyl (C=O) groups is 1. The van der Waals surface area contributed by atoms with Crippen LogP contribution in [0.3, 0.4) is 0 Å². The molecule has 1 aliphatic heterocycles. The van der Waals surface area contributed by atoms with Gasteiger partial charge >= 0.3 is 0 Å². The smallest absolute Gasteiger partial charge is 0.229 e. The third-order valence-corrected chi connectivity index (χ3v) is 2.93.